The maximum atomic E-state index is 11.9. The van der Waals surface area contributed by atoms with E-state index >= 15 is 0 Å². The Bertz CT molecular complexity index is 1180. The van der Waals surface area contributed by atoms with E-state index < -0.39 is 5.97 Å². The molecule has 0 aromatic heterocycles. The number of rotatable bonds is 6. The smallest absolute Gasteiger partial charge is 0.367 e. The van der Waals surface area contributed by atoms with Gasteiger partial charge in [-0.05, 0) is 76.5 Å². The second kappa shape index (κ2) is 8.87. The van der Waals surface area contributed by atoms with Crippen molar-refractivity contribution < 1.29 is 19.1 Å². The molecular formula is C24H20INO4. The topological polar surface area (TPSA) is 57.1 Å². The molecule has 4 rings (SSSR count). The molecule has 0 fully saturated rings. The Labute approximate surface area is 188 Å². The van der Waals surface area contributed by atoms with Gasteiger partial charge in [-0.25, -0.2) is 4.79 Å². The van der Waals surface area contributed by atoms with E-state index in [1.807, 2.05) is 37.3 Å². The minimum Gasteiger partial charge on any atom is -0.490 e. The summed E-state index contributed by atoms with van der Waals surface area (Å²) in [5.74, 6) is 0.876. The molecule has 0 unspecified atom stereocenters. The van der Waals surface area contributed by atoms with Gasteiger partial charge in [-0.1, -0.05) is 47.6 Å². The molecule has 152 valence electrons. The zero-order valence-electron chi connectivity index (χ0n) is 16.6. The van der Waals surface area contributed by atoms with Crippen molar-refractivity contribution in [2.75, 3.05) is 6.61 Å². The van der Waals surface area contributed by atoms with Crippen molar-refractivity contribution in [1.29, 1.82) is 0 Å². The highest BCUT2D eigenvalue weighted by atomic mass is 127. The van der Waals surface area contributed by atoms with Gasteiger partial charge in [0.1, 0.15) is 6.61 Å². The third-order valence-electron chi connectivity index (χ3n) is 4.77. The van der Waals surface area contributed by atoms with Gasteiger partial charge in [0.05, 0.1) is 21.5 Å². The second-order valence-corrected chi connectivity index (χ2v) is 7.97. The summed E-state index contributed by atoms with van der Waals surface area (Å²) < 4.78 is 13.0. The molecule has 0 N–H and O–H groups in total. The van der Waals surface area contributed by atoms with Crippen LogP contribution in [0.3, 0.4) is 0 Å². The van der Waals surface area contributed by atoms with Gasteiger partial charge in [-0.3, -0.25) is 0 Å². The average Bonchev–Trinajstić information content (AvgIpc) is 3.05. The van der Waals surface area contributed by atoms with Crippen molar-refractivity contribution in [3.8, 4) is 11.5 Å². The number of carbonyl (C=O) groups excluding carboxylic acids is 1. The van der Waals surface area contributed by atoms with Crippen molar-refractivity contribution >= 4 is 51.1 Å². The van der Waals surface area contributed by atoms with E-state index in [0.717, 1.165) is 14.7 Å². The van der Waals surface area contributed by atoms with Crippen molar-refractivity contribution in [3.63, 3.8) is 0 Å². The van der Waals surface area contributed by atoms with E-state index in [1.165, 1.54) is 10.8 Å². The zero-order chi connectivity index (χ0) is 21.1. The minimum absolute atomic E-state index is 0.427. The largest absolute Gasteiger partial charge is 0.490 e. The zero-order valence-corrected chi connectivity index (χ0v) is 18.8. The van der Waals surface area contributed by atoms with E-state index in [0.29, 0.717) is 36.0 Å². The molecule has 3 aromatic carbocycles. The minimum atomic E-state index is -0.447. The van der Waals surface area contributed by atoms with Crippen LogP contribution in [-0.4, -0.2) is 18.3 Å². The van der Waals surface area contributed by atoms with Crippen molar-refractivity contribution in [1.82, 2.24) is 0 Å². The van der Waals surface area contributed by atoms with Crippen molar-refractivity contribution in [3.05, 3.63) is 74.9 Å². The molecular weight excluding hydrogens is 493 g/mol. The molecule has 3 aromatic rings. The predicted octanol–water partition coefficient (Wildman–Crippen LogP) is 5.74. The molecule has 1 aliphatic rings. The standard InChI is InChI=1S/C24H20INO4/c1-3-28-22-13-16(11-20-15(2)26-30-24(20)27)12-21(25)23(22)29-14-18-9-6-8-17-7-4-5-10-19(17)18/h4-13H,3,14H2,1-2H3/b20-11+. The van der Waals surface area contributed by atoms with Crippen molar-refractivity contribution in [2.45, 2.75) is 20.5 Å². The van der Waals surface area contributed by atoms with Crippen LogP contribution in [0, 0.1) is 3.57 Å². The number of halogens is 1. The number of carbonyl (C=O) groups is 1. The highest BCUT2D eigenvalue weighted by Crippen LogP contribution is 2.36. The number of nitrogens with zero attached hydrogens (tertiary/aromatic N) is 1. The summed E-state index contributed by atoms with van der Waals surface area (Å²) in [6.07, 6.45) is 1.76. The lowest BCUT2D eigenvalue weighted by Gasteiger charge is -2.16. The van der Waals surface area contributed by atoms with E-state index in [-0.39, 0.29) is 0 Å². The summed E-state index contributed by atoms with van der Waals surface area (Å²) >= 11 is 2.23. The number of oxime groups is 1. The lowest BCUT2D eigenvalue weighted by atomic mass is 10.1. The van der Waals surface area contributed by atoms with Crippen LogP contribution in [0.25, 0.3) is 16.8 Å². The van der Waals surface area contributed by atoms with Gasteiger partial charge in [0.15, 0.2) is 11.5 Å². The van der Waals surface area contributed by atoms with Crippen LogP contribution >= 0.6 is 22.6 Å². The van der Waals surface area contributed by atoms with Gasteiger partial charge < -0.3 is 14.3 Å². The summed E-state index contributed by atoms with van der Waals surface area (Å²) in [6, 6.07) is 18.3. The first kappa shape index (κ1) is 20.4. The summed E-state index contributed by atoms with van der Waals surface area (Å²) in [5.41, 5.74) is 2.93. The number of hydrogen-bond donors (Lipinski definition) is 0. The maximum absolute atomic E-state index is 11.9. The maximum Gasteiger partial charge on any atom is 0.367 e. The highest BCUT2D eigenvalue weighted by Gasteiger charge is 2.22. The fourth-order valence-corrected chi connectivity index (χ4v) is 4.11. The summed E-state index contributed by atoms with van der Waals surface area (Å²) in [6.45, 7) is 4.60. The molecule has 0 bridgehead atoms. The molecule has 0 radical (unpaired) electrons. The monoisotopic (exact) mass is 513 g/mol. The van der Waals surface area contributed by atoms with Gasteiger partial charge in [-0.2, -0.15) is 0 Å². The van der Waals surface area contributed by atoms with Gasteiger partial charge in [0, 0.05) is 0 Å². The molecule has 0 atom stereocenters. The van der Waals surface area contributed by atoms with E-state index in [4.69, 9.17) is 14.3 Å². The summed E-state index contributed by atoms with van der Waals surface area (Å²) in [4.78, 5) is 16.6. The summed E-state index contributed by atoms with van der Waals surface area (Å²) in [5, 5.41) is 6.07. The molecule has 0 amide bonds. The molecule has 30 heavy (non-hydrogen) atoms. The normalized spacial score (nSPS) is 14.7. The predicted molar refractivity (Wildman–Crippen MR) is 126 cm³/mol. The van der Waals surface area contributed by atoms with Gasteiger partial charge in [0.2, 0.25) is 0 Å². The Morgan fingerprint density at radius 1 is 1.10 bits per heavy atom. The Hall–Kier alpha value is -2.87. The number of hydrogen-bond acceptors (Lipinski definition) is 5. The Kier molecular flexibility index (Phi) is 6.03. The second-order valence-electron chi connectivity index (χ2n) is 6.80. The fourth-order valence-electron chi connectivity index (χ4n) is 3.33. The van der Waals surface area contributed by atoms with Crippen LogP contribution in [0.1, 0.15) is 25.0 Å². The third-order valence-corrected chi connectivity index (χ3v) is 5.57. The van der Waals surface area contributed by atoms with Crippen LogP contribution < -0.4 is 9.47 Å². The molecule has 0 saturated carbocycles. The molecule has 0 aliphatic carbocycles. The van der Waals surface area contributed by atoms with Crippen LogP contribution in [0.2, 0.25) is 0 Å². The lowest BCUT2D eigenvalue weighted by molar-refractivity contribution is -0.136. The van der Waals surface area contributed by atoms with Gasteiger partial charge >= 0.3 is 5.97 Å². The van der Waals surface area contributed by atoms with Crippen LogP contribution in [-0.2, 0) is 16.2 Å². The average molecular weight is 513 g/mol. The van der Waals surface area contributed by atoms with E-state index in [1.54, 1.807) is 13.0 Å². The quantitative estimate of drug-likeness (QED) is 0.240. The summed E-state index contributed by atoms with van der Waals surface area (Å²) in [7, 11) is 0. The first-order chi connectivity index (χ1) is 14.6. The molecule has 0 saturated heterocycles. The van der Waals surface area contributed by atoms with E-state index in [2.05, 4.69) is 52.0 Å². The molecule has 5 nitrogen and oxygen atoms in total. The van der Waals surface area contributed by atoms with Crippen LogP contribution in [0.15, 0.2) is 65.3 Å². The fraction of sp³-hybridized carbons (Fsp3) is 0.167. The van der Waals surface area contributed by atoms with Gasteiger partial charge in [-0.15, -0.1) is 0 Å². The number of ether oxygens (including phenoxy) is 2. The van der Waals surface area contributed by atoms with Crippen molar-refractivity contribution in [2.24, 2.45) is 5.16 Å². The molecule has 1 heterocycles. The van der Waals surface area contributed by atoms with Crippen LogP contribution in [0.4, 0.5) is 0 Å². The number of fused-ring (bicyclic) bond motifs is 1. The van der Waals surface area contributed by atoms with E-state index in [9.17, 15) is 4.79 Å². The molecule has 6 heteroatoms. The lowest BCUT2D eigenvalue weighted by Crippen LogP contribution is -2.04. The number of benzene rings is 3. The molecule has 0 spiro atoms. The molecule has 1 aliphatic heterocycles. The highest BCUT2D eigenvalue weighted by molar-refractivity contribution is 14.1. The Morgan fingerprint density at radius 3 is 2.67 bits per heavy atom. The Balaban J connectivity index is 1.65. The van der Waals surface area contributed by atoms with Crippen LogP contribution in [0.5, 0.6) is 11.5 Å². The SMILES string of the molecule is CCOc1cc(/C=C2/C(=O)ON=C2C)cc(I)c1OCc1cccc2ccccc12. The third kappa shape index (κ3) is 4.18. The van der Waals surface area contributed by atoms with Gasteiger partial charge in [0.25, 0.3) is 0 Å². The first-order valence-corrected chi connectivity index (χ1v) is 10.7. The first-order valence-electron chi connectivity index (χ1n) is 9.60. The Morgan fingerprint density at radius 2 is 1.90 bits per heavy atom.